The summed E-state index contributed by atoms with van der Waals surface area (Å²) in [6.45, 7) is 5.56. The van der Waals surface area contributed by atoms with Gasteiger partial charge in [0.25, 0.3) is 5.91 Å². The molecule has 0 spiro atoms. The number of nitrogens with zero attached hydrogens (tertiary/aromatic N) is 2. The Morgan fingerprint density at radius 2 is 1.85 bits per heavy atom. The van der Waals surface area contributed by atoms with Crippen LogP contribution in [0.15, 0.2) is 42.5 Å². The molecule has 2 aliphatic rings. The topological polar surface area (TPSA) is 85.4 Å². The number of sulfonamides is 1. The molecular formula is C25H32N2O6S. The number of amides is 1. The molecule has 34 heavy (non-hydrogen) atoms. The largest absolute Gasteiger partial charge is 0.486 e. The molecule has 2 heterocycles. The van der Waals surface area contributed by atoms with E-state index in [-0.39, 0.29) is 29.9 Å². The molecular weight excluding hydrogens is 456 g/mol. The number of hydrogen-bond acceptors (Lipinski definition) is 6. The highest BCUT2D eigenvalue weighted by Gasteiger charge is 2.38. The van der Waals surface area contributed by atoms with E-state index < -0.39 is 10.0 Å². The van der Waals surface area contributed by atoms with E-state index in [1.54, 1.807) is 43.3 Å². The molecule has 0 aliphatic carbocycles. The van der Waals surface area contributed by atoms with Crippen molar-refractivity contribution in [3.8, 4) is 5.75 Å². The van der Waals surface area contributed by atoms with Crippen molar-refractivity contribution in [1.29, 1.82) is 0 Å². The van der Waals surface area contributed by atoms with E-state index in [1.807, 2.05) is 32.0 Å². The van der Waals surface area contributed by atoms with Gasteiger partial charge in [0.2, 0.25) is 10.0 Å². The number of likely N-dealkylation sites (tertiary alicyclic amines) is 1. The Morgan fingerprint density at radius 3 is 2.53 bits per heavy atom. The quantitative estimate of drug-likeness (QED) is 0.567. The number of rotatable bonds is 8. The second-order valence-electron chi connectivity index (χ2n) is 9.07. The second kappa shape index (κ2) is 10.0. The van der Waals surface area contributed by atoms with Crippen molar-refractivity contribution < 1.29 is 27.4 Å². The Bertz CT molecular complexity index is 1150. The number of likely N-dealkylation sites (N-methyl/N-ethyl adjacent to an activating group) is 1. The summed E-state index contributed by atoms with van der Waals surface area (Å²) in [5.41, 5.74) is 3.29. The fraction of sp³-hybridized carbons (Fsp3) is 0.480. The Hall–Kier alpha value is -2.46. The number of carbonyl (C=O) groups excluding carboxylic acids is 1. The zero-order valence-corrected chi connectivity index (χ0v) is 20.9. The summed E-state index contributed by atoms with van der Waals surface area (Å²) in [5, 5.41) is 0. The van der Waals surface area contributed by atoms with Gasteiger partial charge in [-0.2, -0.15) is 4.31 Å². The summed E-state index contributed by atoms with van der Waals surface area (Å²) in [6.07, 6.45) is -0.646. The Kier molecular flexibility index (Phi) is 7.28. The molecule has 184 valence electrons. The molecule has 2 saturated heterocycles. The first-order valence-electron chi connectivity index (χ1n) is 11.4. The highest BCUT2D eigenvalue weighted by Crippen LogP contribution is 2.25. The van der Waals surface area contributed by atoms with E-state index in [2.05, 4.69) is 0 Å². The number of benzene rings is 2. The number of ether oxygens (including phenoxy) is 3. The molecule has 9 heteroatoms. The van der Waals surface area contributed by atoms with Crippen LogP contribution in [0.5, 0.6) is 5.75 Å². The van der Waals surface area contributed by atoms with E-state index in [9.17, 15) is 13.2 Å². The third-order valence-electron chi connectivity index (χ3n) is 6.54. The molecule has 4 rings (SSSR count). The van der Waals surface area contributed by atoms with E-state index in [4.69, 9.17) is 14.2 Å². The molecule has 0 saturated carbocycles. The highest BCUT2D eigenvalue weighted by molar-refractivity contribution is 7.88. The van der Waals surface area contributed by atoms with Gasteiger partial charge >= 0.3 is 0 Å². The maximum absolute atomic E-state index is 13.2. The van der Waals surface area contributed by atoms with E-state index in [0.717, 1.165) is 11.1 Å². The number of methoxy groups -OCH3 is 1. The maximum atomic E-state index is 13.2. The minimum absolute atomic E-state index is 0.0443. The zero-order valence-electron chi connectivity index (χ0n) is 20.1. The number of aryl methyl sites for hydroxylation is 2. The maximum Gasteiger partial charge on any atom is 0.254 e. The van der Waals surface area contributed by atoms with Crippen LogP contribution in [0.25, 0.3) is 0 Å². The van der Waals surface area contributed by atoms with Crippen LogP contribution in [0.1, 0.15) is 27.0 Å². The van der Waals surface area contributed by atoms with Gasteiger partial charge < -0.3 is 19.1 Å². The van der Waals surface area contributed by atoms with Crippen LogP contribution in [0.4, 0.5) is 0 Å². The first kappa shape index (κ1) is 24.7. The molecule has 0 bridgehead atoms. The van der Waals surface area contributed by atoms with Crippen molar-refractivity contribution in [3.63, 3.8) is 0 Å². The van der Waals surface area contributed by atoms with Gasteiger partial charge in [-0.15, -0.1) is 0 Å². The minimum Gasteiger partial charge on any atom is -0.486 e. The van der Waals surface area contributed by atoms with Crippen LogP contribution < -0.4 is 4.74 Å². The van der Waals surface area contributed by atoms with Gasteiger partial charge in [0, 0.05) is 19.7 Å². The molecule has 1 amide bonds. The lowest BCUT2D eigenvalue weighted by atomic mass is 10.0. The van der Waals surface area contributed by atoms with Crippen molar-refractivity contribution in [2.45, 2.75) is 37.9 Å². The van der Waals surface area contributed by atoms with Gasteiger partial charge in [0.15, 0.2) is 0 Å². The normalized spacial score (nSPS) is 21.0. The predicted octanol–water partition coefficient (Wildman–Crippen LogP) is 2.38. The van der Waals surface area contributed by atoms with Crippen LogP contribution in [-0.2, 0) is 25.2 Å². The van der Waals surface area contributed by atoms with E-state index in [1.165, 1.54) is 4.31 Å². The van der Waals surface area contributed by atoms with Gasteiger partial charge in [0.1, 0.15) is 18.0 Å². The lowest BCUT2D eigenvalue weighted by Gasteiger charge is -2.33. The fourth-order valence-electron chi connectivity index (χ4n) is 4.24. The molecule has 2 fully saturated rings. The molecule has 0 radical (unpaired) electrons. The van der Waals surface area contributed by atoms with Gasteiger partial charge in [0.05, 0.1) is 38.1 Å². The smallest absolute Gasteiger partial charge is 0.254 e. The standard InChI is InChI=1S/C25H32N2O6S/c1-17-8-9-18(2)22(10-17)25(28)27-12-23(31-4)24(13-27)33-21-7-5-6-19(11-21)16-34(29,30)26(3)20-14-32-15-20/h5-11,20,23-24H,12-16H2,1-4H3. The van der Waals surface area contributed by atoms with Crippen LogP contribution in [0.3, 0.4) is 0 Å². The van der Waals surface area contributed by atoms with Crippen LogP contribution in [0, 0.1) is 13.8 Å². The van der Waals surface area contributed by atoms with Crippen molar-refractivity contribution in [2.24, 2.45) is 0 Å². The Morgan fingerprint density at radius 1 is 1.12 bits per heavy atom. The molecule has 2 aliphatic heterocycles. The van der Waals surface area contributed by atoms with Crippen LogP contribution >= 0.6 is 0 Å². The first-order chi connectivity index (χ1) is 16.2. The zero-order chi connectivity index (χ0) is 24.5. The predicted molar refractivity (Wildman–Crippen MR) is 128 cm³/mol. The second-order valence-corrected chi connectivity index (χ2v) is 11.1. The average molecular weight is 489 g/mol. The number of hydrogen-bond donors (Lipinski definition) is 0. The summed E-state index contributed by atoms with van der Waals surface area (Å²) in [4.78, 5) is 14.9. The van der Waals surface area contributed by atoms with E-state index >= 15 is 0 Å². The van der Waals surface area contributed by atoms with Crippen molar-refractivity contribution in [2.75, 3.05) is 40.5 Å². The fourth-order valence-corrected chi connectivity index (χ4v) is 5.62. The first-order valence-corrected chi connectivity index (χ1v) is 13.0. The highest BCUT2D eigenvalue weighted by atomic mass is 32.2. The molecule has 2 atom stereocenters. The van der Waals surface area contributed by atoms with Crippen molar-refractivity contribution >= 4 is 15.9 Å². The molecule has 2 aromatic carbocycles. The Labute approximate surface area is 201 Å². The lowest BCUT2D eigenvalue weighted by Crippen LogP contribution is -2.49. The molecule has 8 nitrogen and oxygen atoms in total. The Balaban J connectivity index is 1.45. The summed E-state index contributed by atoms with van der Waals surface area (Å²) in [7, 11) is -0.274. The van der Waals surface area contributed by atoms with Gasteiger partial charge in [-0.3, -0.25) is 4.79 Å². The van der Waals surface area contributed by atoms with E-state index in [0.29, 0.717) is 43.2 Å². The van der Waals surface area contributed by atoms with Gasteiger partial charge in [-0.25, -0.2) is 8.42 Å². The minimum atomic E-state index is -3.47. The van der Waals surface area contributed by atoms with Gasteiger partial charge in [-0.05, 0) is 43.2 Å². The van der Waals surface area contributed by atoms with Crippen LogP contribution in [-0.4, -0.2) is 82.2 Å². The third kappa shape index (κ3) is 5.27. The number of carbonyl (C=O) groups is 1. The molecule has 0 aromatic heterocycles. The SMILES string of the molecule is COC1CN(C(=O)c2cc(C)ccc2C)CC1Oc1cccc(CS(=O)(=O)N(C)C2COC2)c1. The van der Waals surface area contributed by atoms with Crippen molar-refractivity contribution in [1.82, 2.24) is 9.21 Å². The van der Waals surface area contributed by atoms with Gasteiger partial charge in [-0.1, -0.05) is 29.8 Å². The third-order valence-corrected chi connectivity index (χ3v) is 8.41. The summed E-state index contributed by atoms with van der Waals surface area (Å²) in [5.74, 6) is 0.389. The summed E-state index contributed by atoms with van der Waals surface area (Å²) in [6, 6.07) is 12.8. The average Bonchev–Trinajstić information content (AvgIpc) is 3.16. The van der Waals surface area contributed by atoms with Crippen molar-refractivity contribution in [3.05, 3.63) is 64.7 Å². The van der Waals surface area contributed by atoms with Crippen LogP contribution in [0.2, 0.25) is 0 Å². The molecule has 0 N–H and O–H groups in total. The molecule has 2 aromatic rings. The summed E-state index contributed by atoms with van der Waals surface area (Å²) < 4.78 is 43.8. The molecule has 2 unspecified atom stereocenters. The monoisotopic (exact) mass is 488 g/mol. The lowest BCUT2D eigenvalue weighted by molar-refractivity contribution is -0.0305. The summed E-state index contributed by atoms with van der Waals surface area (Å²) >= 11 is 0.